The Bertz CT molecular complexity index is 628. The number of nitrogens with one attached hydrogen (secondary N) is 2. The van der Waals surface area contributed by atoms with Gasteiger partial charge in [0.15, 0.2) is 0 Å². The highest BCUT2D eigenvalue weighted by Gasteiger charge is 2.61. The van der Waals surface area contributed by atoms with Gasteiger partial charge in [-0.2, -0.15) is 8.78 Å². The molecule has 126 valence electrons. The second-order valence-electron chi connectivity index (χ2n) is 5.80. The predicted molar refractivity (Wildman–Crippen MR) is 81.6 cm³/mol. The lowest BCUT2D eigenvalue weighted by molar-refractivity contribution is -0.212. The third kappa shape index (κ3) is 3.19. The minimum Gasteiger partial charge on any atom is -0.383 e. The van der Waals surface area contributed by atoms with Crippen LogP contribution >= 0.6 is 0 Å². The Morgan fingerprint density at radius 1 is 1.35 bits per heavy atom. The molecule has 0 aromatic heterocycles. The van der Waals surface area contributed by atoms with Gasteiger partial charge < -0.3 is 15.7 Å². The summed E-state index contributed by atoms with van der Waals surface area (Å²) in [6.45, 7) is 3.86. The maximum atomic E-state index is 14.0. The number of aliphatic hydroxyl groups is 1. The molecular weight excluding hydrogens is 306 g/mol. The number of carbonyl (C=O) groups excluding carboxylic acids is 2. The number of hydrogen-bond acceptors (Lipinski definition) is 3. The van der Waals surface area contributed by atoms with Gasteiger partial charge in [-0.1, -0.05) is 0 Å². The summed E-state index contributed by atoms with van der Waals surface area (Å²) in [5.41, 5.74) is -1.21. The highest BCUT2D eigenvalue weighted by Crippen LogP contribution is 2.44. The smallest absolute Gasteiger partial charge is 0.352 e. The van der Waals surface area contributed by atoms with E-state index in [-0.39, 0.29) is 24.4 Å². The Morgan fingerprint density at radius 3 is 2.48 bits per heavy atom. The van der Waals surface area contributed by atoms with Crippen molar-refractivity contribution in [3.05, 3.63) is 29.3 Å². The molecule has 0 aliphatic heterocycles. The average Bonchev–Trinajstić information content (AvgIpc) is 2.46. The number of rotatable bonds is 5. The summed E-state index contributed by atoms with van der Waals surface area (Å²) in [6, 6.07) is 4.36. The van der Waals surface area contributed by atoms with E-state index in [1.165, 1.54) is 18.2 Å². The molecular formula is C16H20F2N2O3. The maximum absolute atomic E-state index is 14.0. The number of alkyl halides is 2. The van der Waals surface area contributed by atoms with Gasteiger partial charge >= 0.3 is 5.92 Å². The molecule has 0 spiro atoms. The zero-order chi connectivity index (χ0) is 17.3. The van der Waals surface area contributed by atoms with Crippen molar-refractivity contribution in [2.75, 3.05) is 11.9 Å². The molecule has 0 radical (unpaired) electrons. The molecule has 0 bridgehead atoms. The Labute approximate surface area is 133 Å². The fourth-order valence-electron chi connectivity index (χ4n) is 2.45. The monoisotopic (exact) mass is 326 g/mol. The van der Waals surface area contributed by atoms with E-state index in [0.717, 1.165) is 0 Å². The van der Waals surface area contributed by atoms with Gasteiger partial charge in [-0.25, -0.2) is 0 Å². The van der Waals surface area contributed by atoms with Crippen LogP contribution in [0.5, 0.6) is 0 Å². The molecule has 1 aliphatic rings. The highest BCUT2D eigenvalue weighted by atomic mass is 19.3. The summed E-state index contributed by atoms with van der Waals surface area (Å²) < 4.78 is 28.1. The van der Waals surface area contributed by atoms with Gasteiger partial charge in [0.1, 0.15) is 5.60 Å². The van der Waals surface area contributed by atoms with Crippen LogP contribution in [-0.2, 0) is 4.79 Å². The summed E-state index contributed by atoms with van der Waals surface area (Å²) in [7, 11) is 0. The fraction of sp³-hybridized carbons (Fsp3) is 0.500. The van der Waals surface area contributed by atoms with Crippen LogP contribution in [0, 0.1) is 6.92 Å². The van der Waals surface area contributed by atoms with E-state index in [9.17, 15) is 23.5 Å². The Kier molecular flexibility index (Phi) is 4.70. The molecule has 1 saturated carbocycles. The van der Waals surface area contributed by atoms with Crippen molar-refractivity contribution in [1.82, 2.24) is 5.32 Å². The van der Waals surface area contributed by atoms with Crippen molar-refractivity contribution >= 4 is 17.5 Å². The van der Waals surface area contributed by atoms with Crippen LogP contribution in [0.2, 0.25) is 0 Å². The lowest BCUT2D eigenvalue weighted by Crippen LogP contribution is -2.59. The third-order valence-corrected chi connectivity index (χ3v) is 4.12. The van der Waals surface area contributed by atoms with Crippen LogP contribution in [0.25, 0.3) is 0 Å². The molecule has 7 heteroatoms. The van der Waals surface area contributed by atoms with Gasteiger partial charge in [-0.3, -0.25) is 9.59 Å². The Morgan fingerprint density at radius 2 is 2.00 bits per heavy atom. The Balaban J connectivity index is 2.14. The largest absolute Gasteiger partial charge is 0.383 e. The molecule has 3 N–H and O–H groups in total. The minimum absolute atomic E-state index is 0.0947. The summed E-state index contributed by atoms with van der Waals surface area (Å²) in [6.07, 6.45) is 0.282. The Hall–Kier alpha value is -2.02. The lowest BCUT2D eigenvalue weighted by Gasteiger charge is -2.41. The molecule has 1 fully saturated rings. The van der Waals surface area contributed by atoms with E-state index in [2.05, 4.69) is 10.6 Å². The standard InChI is InChI=1S/C16H20F2N2O3/c1-3-19-13(21)11-5-6-12(10(2)9-11)20-14(22)16(17,18)15(23)7-4-8-15/h5-6,9,23H,3-4,7-8H2,1-2H3,(H,19,21)(H,20,22). The molecule has 1 aromatic carbocycles. The molecule has 1 aliphatic carbocycles. The van der Waals surface area contributed by atoms with E-state index < -0.39 is 17.4 Å². The van der Waals surface area contributed by atoms with E-state index in [1.54, 1.807) is 13.8 Å². The van der Waals surface area contributed by atoms with Crippen molar-refractivity contribution in [1.29, 1.82) is 0 Å². The average molecular weight is 326 g/mol. The van der Waals surface area contributed by atoms with Crippen LogP contribution in [-0.4, -0.2) is 35.0 Å². The van der Waals surface area contributed by atoms with Crippen molar-refractivity contribution in [2.45, 2.75) is 44.6 Å². The highest BCUT2D eigenvalue weighted by molar-refractivity contribution is 5.99. The molecule has 5 nitrogen and oxygen atoms in total. The second kappa shape index (κ2) is 6.23. The molecule has 0 atom stereocenters. The molecule has 0 heterocycles. The summed E-state index contributed by atoms with van der Waals surface area (Å²) in [5, 5.41) is 14.5. The summed E-state index contributed by atoms with van der Waals surface area (Å²) in [4.78, 5) is 23.6. The first-order chi connectivity index (χ1) is 10.7. The predicted octanol–water partition coefficient (Wildman–Crippen LogP) is 2.23. The zero-order valence-electron chi connectivity index (χ0n) is 13.1. The van der Waals surface area contributed by atoms with E-state index in [0.29, 0.717) is 24.1 Å². The summed E-state index contributed by atoms with van der Waals surface area (Å²) >= 11 is 0. The van der Waals surface area contributed by atoms with Crippen LogP contribution < -0.4 is 10.6 Å². The number of aryl methyl sites for hydroxylation is 1. The lowest BCUT2D eigenvalue weighted by atomic mass is 9.75. The number of amides is 2. The van der Waals surface area contributed by atoms with Gasteiger partial charge in [-0.05, 0) is 56.9 Å². The van der Waals surface area contributed by atoms with Gasteiger partial charge in [-0.15, -0.1) is 0 Å². The zero-order valence-corrected chi connectivity index (χ0v) is 13.1. The van der Waals surface area contributed by atoms with Crippen LogP contribution in [0.15, 0.2) is 18.2 Å². The second-order valence-corrected chi connectivity index (χ2v) is 5.80. The maximum Gasteiger partial charge on any atom is 0.352 e. The van der Waals surface area contributed by atoms with Crippen molar-refractivity contribution < 1.29 is 23.5 Å². The third-order valence-electron chi connectivity index (χ3n) is 4.12. The number of hydrogen-bond donors (Lipinski definition) is 3. The molecule has 1 aromatic rings. The minimum atomic E-state index is -3.85. The quantitative estimate of drug-likeness (QED) is 0.776. The van der Waals surface area contributed by atoms with E-state index >= 15 is 0 Å². The van der Waals surface area contributed by atoms with Gasteiger partial charge in [0.25, 0.3) is 11.8 Å². The van der Waals surface area contributed by atoms with Crippen LogP contribution in [0.1, 0.15) is 42.1 Å². The molecule has 2 rings (SSSR count). The van der Waals surface area contributed by atoms with Crippen molar-refractivity contribution in [2.24, 2.45) is 0 Å². The van der Waals surface area contributed by atoms with E-state index in [1.807, 2.05) is 0 Å². The number of anilines is 1. The first-order valence-electron chi connectivity index (χ1n) is 7.52. The first-order valence-corrected chi connectivity index (χ1v) is 7.52. The normalized spacial score (nSPS) is 16.4. The molecule has 0 saturated heterocycles. The van der Waals surface area contributed by atoms with E-state index in [4.69, 9.17) is 0 Å². The van der Waals surface area contributed by atoms with Gasteiger partial charge in [0.2, 0.25) is 0 Å². The molecule has 0 unspecified atom stereocenters. The van der Waals surface area contributed by atoms with Gasteiger partial charge in [0, 0.05) is 17.8 Å². The topological polar surface area (TPSA) is 78.4 Å². The SMILES string of the molecule is CCNC(=O)c1ccc(NC(=O)C(F)(F)C2(O)CCC2)c(C)c1. The molecule has 23 heavy (non-hydrogen) atoms. The summed E-state index contributed by atoms with van der Waals surface area (Å²) in [5.74, 6) is -5.66. The number of benzene rings is 1. The van der Waals surface area contributed by atoms with Gasteiger partial charge in [0.05, 0.1) is 0 Å². The number of carbonyl (C=O) groups is 2. The van der Waals surface area contributed by atoms with Crippen LogP contribution in [0.4, 0.5) is 14.5 Å². The first kappa shape index (κ1) is 17.3. The number of halogens is 2. The van der Waals surface area contributed by atoms with Crippen LogP contribution in [0.3, 0.4) is 0 Å². The molecule has 2 amide bonds. The van der Waals surface area contributed by atoms with Crippen molar-refractivity contribution in [3.8, 4) is 0 Å². The fourth-order valence-corrected chi connectivity index (χ4v) is 2.45. The van der Waals surface area contributed by atoms with Crippen molar-refractivity contribution in [3.63, 3.8) is 0 Å².